The lowest BCUT2D eigenvalue weighted by atomic mass is 10.0. The second-order valence-corrected chi connectivity index (χ2v) is 19.6. The third-order valence-electron chi connectivity index (χ3n) is 13.2. The molecule has 64 heavy (non-hydrogen) atoms. The van der Waals surface area contributed by atoms with E-state index < -0.39 is 12.1 Å². The van der Waals surface area contributed by atoms with E-state index in [1.807, 2.05) is 6.08 Å². The first-order valence-corrected chi connectivity index (χ1v) is 28.6. The van der Waals surface area contributed by atoms with E-state index in [0.29, 0.717) is 19.4 Å². The van der Waals surface area contributed by atoms with Crippen LogP contribution in [-0.2, 0) is 14.3 Å². The number of unbranched alkanes of at least 4 members (excludes halogenated alkanes) is 40. The molecule has 0 aliphatic carbocycles. The van der Waals surface area contributed by atoms with Crippen molar-refractivity contribution in [3.63, 3.8) is 0 Å². The Kier molecular flexibility index (Phi) is 52.6. The van der Waals surface area contributed by atoms with Gasteiger partial charge >= 0.3 is 5.97 Å². The molecule has 0 radical (unpaired) electrons. The van der Waals surface area contributed by atoms with Gasteiger partial charge in [-0.25, -0.2) is 0 Å². The molecule has 2 atom stereocenters. The van der Waals surface area contributed by atoms with Crippen molar-refractivity contribution in [1.29, 1.82) is 0 Å². The van der Waals surface area contributed by atoms with Gasteiger partial charge in [-0.1, -0.05) is 263 Å². The highest BCUT2D eigenvalue weighted by Gasteiger charge is 2.18. The van der Waals surface area contributed by atoms with Gasteiger partial charge in [0.1, 0.15) is 0 Å². The minimum Gasteiger partial charge on any atom is -0.466 e. The lowest BCUT2D eigenvalue weighted by Gasteiger charge is -2.20. The molecule has 0 saturated carbocycles. The van der Waals surface area contributed by atoms with Gasteiger partial charge in [-0.15, -0.1) is 0 Å². The van der Waals surface area contributed by atoms with Crippen LogP contribution in [0.5, 0.6) is 0 Å². The van der Waals surface area contributed by atoms with Crippen molar-refractivity contribution < 1.29 is 24.5 Å². The number of hydrogen-bond donors (Lipinski definition) is 3. The Balaban J connectivity index is 3.49. The summed E-state index contributed by atoms with van der Waals surface area (Å²) in [7, 11) is 0. The van der Waals surface area contributed by atoms with Crippen molar-refractivity contribution in [3.05, 3.63) is 24.3 Å². The van der Waals surface area contributed by atoms with E-state index >= 15 is 0 Å². The highest BCUT2D eigenvalue weighted by molar-refractivity contribution is 5.76. The van der Waals surface area contributed by atoms with Gasteiger partial charge in [0.05, 0.1) is 25.4 Å². The summed E-state index contributed by atoms with van der Waals surface area (Å²) in [5, 5.41) is 23.1. The van der Waals surface area contributed by atoms with E-state index in [0.717, 1.165) is 57.8 Å². The lowest BCUT2D eigenvalue weighted by Crippen LogP contribution is -2.45. The van der Waals surface area contributed by atoms with Gasteiger partial charge in [0, 0.05) is 12.8 Å². The topological polar surface area (TPSA) is 95.9 Å². The van der Waals surface area contributed by atoms with Gasteiger partial charge in [0.25, 0.3) is 0 Å². The number of amides is 1. The maximum atomic E-state index is 12.5. The summed E-state index contributed by atoms with van der Waals surface area (Å²) in [5.74, 6) is -0.109. The fraction of sp³-hybridized carbons (Fsp3) is 0.897. The molecule has 0 aliphatic rings. The van der Waals surface area contributed by atoms with Crippen LogP contribution in [-0.4, -0.2) is 47.4 Å². The van der Waals surface area contributed by atoms with Gasteiger partial charge in [0.2, 0.25) is 5.91 Å². The minimum absolute atomic E-state index is 0.0208. The molecule has 3 N–H and O–H groups in total. The average molecular weight is 903 g/mol. The molecule has 0 aromatic carbocycles. The van der Waals surface area contributed by atoms with Crippen molar-refractivity contribution in [2.75, 3.05) is 13.2 Å². The van der Waals surface area contributed by atoms with Crippen LogP contribution < -0.4 is 5.32 Å². The van der Waals surface area contributed by atoms with E-state index in [2.05, 4.69) is 31.3 Å². The third kappa shape index (κ3) is 49.8. The van der Waals surface area contributed by atoms with Crippen LogP contribution in [0.3, 0.4) is 0 Å². The molecule has 2 unspecified atom stereocenters. The van der Waals surface area contributed by atoms with Gasteiger partial charge in [-0.05, 0) is 57.8 Å². The molecule has 0 aromatic heterocycles. The zero-order chi connectivity index (χ0) is 46.5. The van der Waals surface area contributed by atoms with Crippen molar-refractivity contribution >= 4 is 11.9 Å². The largest absolute Gasteiger partial charge is 0.466 e. The Labute approximate surface area is 399 Å². The molecule has 378 valence electrons. The summed E-state index contributed by atoms with van der Waals surface area (Å²) in [6.07, 6.45) is 64.7. The molecule has 0 spiro atoms. The second-order valence-electron chi connectivity index (χ2n) is 19.6. The average Bonchev–Trinajstić information content (AvgIpc) is 3.29. The maximum Gasteiger partial charge on any atom is 0.305 e. The molecule has 0 aromatic rings. The molecule has 0 rings (SSSR count). The molecule has 0 saturated heterocycles. The predicted octanol–water partition coefficient (Wildman–Crippen LogP) is 17.5. The molecule has 0 heterocycles. The fourth-order valence-electron chi connectivity index (χ4n) is 8.81. The van der Waals surface area contributed by atoms with Crippen molar-refractivity contribution in [2.24, 2.45) is 0 Å². The molecule has 6 nitrogen and oxygen atoms in total. The highest BCUT2D eigenvalue weighted by atomic mass is 16.5. The van der Waals surface area contributed by atoms with Crippen LogP contribution in [0, 0.1) is 0 Å². The monoisotopic (exact) mass is 902 g/mol. The van der Waals surface area contributed by atoms with Crippen molar-refractivity contribution in [1.82, 2.24) is 5.32 Å². The quantitative estimate of drug-likeness (QED) is 0.0321. The molecule has 0 aliphatic heterocycles. The zero-order valence-corrected chi connectivity index (χ0v) is 43.0. The second kappa shape index (κ2) is 54.0. The van der Waals surface area contributed by atoms with E-state index in [4.69, 9.17) is 4.74 Å². The SMILES string of the molecule is CCCCCCCC/C=C\CCCCCCCCCCCC(=O)OCCCCCCCCCCCCC(=O)NC(CO)C(O)/C=C/CCCCCCCCCCCCCCCCCC. The third-order valence-corrected chi connectivity index (χ3v) is 13.2. The van der Waals surface area contributed by atoms with Crippen LogP contribution in [0.1, 0.15) is 309 Å². The summed E-state index contributed by atoms with van der Waals surface area (Å²) >= 11 is 0. The number of esters is 1. The standard InChI is InChI=1S/C58H111NO5/c1-3-5-7-9-11-13-15-17-19-21-23-25-27-29-31-36-40-44-48-52-58(63)64-53-49-45-41-37-33-32-35-39-43-47-51-57(62)59-55(54-60)56(61)50-46-42-38-34-30-28-26-24-22-20-18-16-14-12-10-8-6-4-2/h17,19,46,50,55-56,60-61H,3-16,18,20-45,47-49,51-54H2,1-2H3,(H,59,62)/b19-17-,50-46+. The Morgan fingerprint density at radius 3 is 1.11 bits per heavy atom. The summed E-state index contributed by atoms with van der Waals surface area (Å²) in [6, 6.07) is -0.645. The molecule has 6 heteroatoms. The number of nitrogens with one attached hydrogen (secondary N) is 1. The number of carbonyl (C=O) groups is 2. The predicted molar refractivity (Wildman–Crippen MR) is 278 cm³/mol. The zero-order valence-electron chi connectivity index (χ0n) is 43.0. The number of aliphatic hydroxyl groups is 2. The normalized spacial score (nSPS) is 12.8. The number of rotatable bonds is 53. The smallest absolute Gasteiger partial charge is 0.305 e. The Bertz CT molecular complexity index is 997. The highest BCUT2D eigenvalue weighted by Crippen LogP contribution is 2.17. The number of carbonyl (C=O) groups excluding carboxylic acids is 2. The van der Waals surface area contributed by atoms with Gasteiger partial charge in [0.15, 0.2) is 0 Å². The number of hydrogen-bond acceptors (Lipinski definition) is 5. The number of aliphatic hydroxyl groups excluding tert-OH is 2. The van der Waals surface area contributed by atoms with Crippen molar-refractivity contribution in [3.8, 4) is 0 Å². The van der Waals surface area contributed by atoms with E-state index in [9.17, 15) is 19.8 Å². The first-order valence-electron chi connectivity index (χ1n) is 28.6. The summed E-state index contributed by atoms with van der Waals surface area (Å²) in [5.41, 5.74) is 0. The van der Waals surface area contributed by atoms with E-state index in [1.54, 1.807) is 6.08 Å². The minimum atomic E-state index is -0.859. The van der Waals surface area contributed by atoms with Crippen LogP contribution in [0.4, 0.5) is 0 Å². The first kappa shape index (κ1) is 62.3. The summed E-state index contributed by atoms with van der Waals surface area (Å²) < 4.78 is 5.47. The summed E-state index contributed by atoms with van der Waals surface area (Å²) in [6.45, 7) is 4.86. The maximum absolute atomic E-state index is 12.5. The Morgan fingerprint density at radius 1 is 0.422 bits per heavy atom. The number of allylic oxidation sites excluding steroid dienone is 3. The van der Waals surface area contributed by atoms with Gasteiger partial charge in [-0.2, -0.15) is 0 Å². The van der Waals surface area contributed by atoms with Gasteiger partial charge in [-0.3, -0.25) is 9.59 Å². The first-order chi connectivity index (χ1) is 31.5. The van der Waals surface area contributed by atoms with E-state index in [-0.39, 0.29) is 18.5 Å². The van der Waals surface area contributed by atoms with Crippen LogP contribution in [0.2, 0.25) is 0 Å². The fourth-order valence-corrected chi connectivity index (χ4v) is 8.81. The van der Waals surface area contributed by atoms with Crippen LogP contribution in [0.15, 0.2) is 24.3 Å². The Morgan fingerprint density at radius 2 is 0.734 bits per heavy atom. The summed E-state index contributed by atoms with van der Waals surface area (Å²) in [4.78, 5) is 24.6. The molecular weight excluding hydrogens is 791 g/mol. The molecule has 0 bridgehead atoms. The molecule has 1 amide bonds. The Hall–Kier alpha value is -1.66. The lowest BCUT2D eigenvalue weighted by molar-refractivity contribution is -0.143. The van der Waals surface area contributed by atoms with E-state index in [1.165, 1.54) is 225 Å². The van der Waals surface area contributed by atoms with Crippen LogP contribution >= 0.6 is 0 Å². The number of ether oxygens (including phenoxy) is 1. The van der Waals surface area contributed by atoms with Gasteiger partial charge < -0.3 is 20.3 Å². The van der Waals surface area contributed by atoms with Crippen molar-refractivity contribution in [2.45, 2.75) is 321 Å². The molecule has 0 fully saturated rings. The molecular formula is C58H111NO5. The van der Waals surface area contributed by atoms with Crippen LogP contribution in [0.25, 0.3) is 0 Å².